The molecule has 0 heterocycles. The highest BCUT2D eigenvalue weighted by Crippen LogP contribution is 2.25. The van der Waals surface area contributed by atoms with Gasteiger partial charge in [0.25, 0.3) is 5.91 Å². The van der Waals surface area contributed by atoms with Crippen molar-refractivity contribution in [1.82, 2.24) is 0 Å². The molecular formula is C15H15NO3S. The Morgan fingerprint density at radius 3 is 2.75 bits per heavy atom. The minimum absolute atomic E-state index is 0.0793. The standard InChI is InChI=1S/C15H15NO3S/c1-19-11-6-7-14(17)13(9-11)15(18)16-10-4-3-5-12(8-10)20-2/h3-9,17H,1-2H3,(H,16,18). The third kappa shape index (κ3) is 3.24. The van der Waals surface area contributed by atoms with Crippen LogP contribution in [0.25, 0.3) is 0 Å². The summed E-state index contributed by atoms with van der Waals surface area (Å²) >= 11 is 1.59. The number of phenols is 1. The average Bonchev–Trinajstić information content (AvgIpc) is 2.47. The largest absolute Gasteiger partial charge is 0.507 e. The van der Waals surface area contributed by atoms with E-state index in [-0.39, 0.29) is 17.2 Å². The number of rotatable bonds is 4. The third-order valence-corrected chi connectivity index (χ3v) is 3.50. The van der Waals surface area contributed by atoms with E-state index in [4.69, 9.17) is 4.74 Å². The highest BCUT2D eigenvalue weighted by molar-refractivity contribution is 7.98. The first-order chi connectivity index (χ1) is 9.63. The quantitative estimate of drug-likeness (QED) is 0.847. The summed E-state index contributed by atoms with van der Waals surface area (Å²) in [6.45, 7) is 0. The van der Waals surface area contributed by atoms with Crippen LogP contribution in [0.2, 0.25) is 0 Å². The lowest BCUT2D eigenvalue weighted by atomic mass is 10.1. The molecule has 5 heteroatoms. The second kappa shape index (κ2) is 6.34. The van der Waals surface area contributed by atoms with Crippen LogP contribution in [-0.4, -0.2) is 24.4 Å². The Labute approximate surface area is 121 Å². The van der Waals surface area contributed by atoms with Crippen LogP contribution >= 0.6 is 11.8 Å². The predicted molar refractivity (Wildman–Crippen MR) is 80.8 cm³/mol. The van der Waals surface area contributed by atoms with Crippen LogP contribution in [0.3, 0.4) is 0 Å². The van der Waals surface area contributed by atoms with Crippen LogP contribution in [0.4, 0.5) is 5.69 Å². The van der Waals surface area contributed by atoms with Gasteiger partial charge in [-0.1, -0.05) is 6.07 Å². The monoisotopic (exact) mass is 289 g/mol. The molecule has 20 heavy (non-hydrogen) atoms. The zero-order valence-corrected chi connectivity index (χ0v) is 12.0. The Bertz CT molecular complexity index is 628. The van der Waals surface area contributed by atoms with Crippen LogP contribution in [0.15, 0.2) is 47.4 Å². The van der Waals surface area contributed by atoms with E-state index in [0.29, 0.717) is 11.4 Å². The zero-order valence-electron chi connectivity index (χ0n) is 11.2. The topological polar surface area (TPSA) is 58.6 Å². The number of aromatic hydroxyl groups is 1. The van der Waals surface area contributed by atoms with Crippen molar-refractivity contribution in [3.8, 4) is 11.5 Å². The minimum atomic E-state index is -0.375. The fourth-order valence-corrected chi connectivity index (χ4v) is 2.18. The van der Waals surface area contributed by atoms with Crippen LogP contribution in [-0.2, 0) is 0 Å². The van der Waals surface area contributed by atoms with Crippen molar-refractivity contribution < 1.29 is 14.6 Å². The molecule has 104 valence electrons. The van der Waals surface area contributed by atoms with Gasteiger partial charge in [0.1, 0.15) is 11.5 Å². The zero-order chi connectivity index (χ0) is 14.5. The van der Waals surface area contributed by atoms with Gasteiger partial charge in [0, 0.05) is 10.6 Å². The van der Waals surface area contributed by atoms with Gasteiger partial charge in [-0.15, -0.1) is 11.8 Å². The fraction of sp³-hybridized carbons (Fsp3) is 0.133. The normalized spacial score (nSPS) is 10.1. The molecule has 1 amide bonds. The van der Waals surface area contributed by atoms with Gasteiger partial charge in [0.15, 0.2) is 0 Å². The molecule has 0 atom stereocenters. The number of anilines is 1. The molecule has 2 aromatic rings. The molecule has 0 bridgehead atoms. The summed E-state index contributed by atoms with van der Waals surface area (Å²) < 4.78 is 5.05. The highest BCUT2D eigenvalue weighted by atomic mass is 32.2. The van der Waals surface area contributed by atoms with E-state index in [1.165, 1.54) is 19.2 Å². The van der Waals surface area contributed by atoms with Gasteiger partial charge >= 0.3 is 0 Å². The Kier molecular flexibility index (Phi) is 4.53. The number of amides is 1. The number of methoxy groups -OCH3 is 1. The van der Waals surface area contributed by atoms with E-state index >= 15 is 0 Å². The molecule has 2 N–H and O–H groups in total. The Morgan fingerprint density at radius 1 is 1.25 bits per heavy atom. The summed E-state index contributed by atoms with van der Waals surface area (Å²) in [5.41, 5.74) is 0.864. The molecule has 0 saturated carbocycles. The van der Waals surface area contributed by atoms with Crippen molar-refractivity contribution in [2.24, 2.45) is 0 Å². The summed E-state index contributed by atoms with van der Waals surface area (Å²) in [6, 6.07) is 12.0. The molecule has 4 nitrogen and oxygen atoms in total. The number of carbonyl (C=O) groups excluding carboxylic acids is 1. The molecule has 0 aliphatic carbocycles. The van der Waals surface area contributed by atoms with Crippen LogP contribution < -0.4 is 10.1 Å². The SMILES string of the molecule is COc1ccc(O)c(C(=O)Nc2cccc(SC)c2)c1. The smallest absolute Gasteiger partial charge is 0.259 e. The van der Waals surface area contributed by atoms with Crippen molar-refractivity contribution in [1.29, 1.82) is 0 Å². The molecular weight excluding hydrogens is 274 g/mol. The molecule has 0 fully saturated rings. The van der Waals surface area contributed by atoms with Crippen molar-refractivity contribution >= 4 is 23.4 Å². The lowest BCUT2D eigenvalue weighted by Gasteiger charge is -2.09. The predicted octanol–water partition coefficient (Wildman–Crippen LogP) is 3.38. The third-order valence-electron chi connectivity index (χ3n) is 2.78. The average molecular weight is 289 g/mol. The number of carbonyl (C=O) groups is 1. The Balaban J connectivity index is 2.23. The number of phenolic OH excluding ortho intramolecular Hbond substituents is 1. The number of benzene rings is 2. The maximum atomic E-state index is 12.2. The van der Waals surface area contributed by atoms with E-state index < -0.39 is 0 Å². The summed E-state index contributed by atoms with van der Waals surface area (Å²) in [4.78, 5) is 13.2. The lowest BCUT2D eigenvalue weighted by molar-refractivity contribution is 0.102. The molecule has 0 aliphatic heterocycles. The molecule has 0 saturated heterocycles. The van der Waals surface area contributed by atoms with Crippen LogP contribution in [0, 0.1) is 0 Å². The summed E-state index contributed by atoms with van der Waals surface area (Å²) in [5, 5.41) is 12.5. The van der Waals surface area contributed by atoms with E-state index in [2.05, 4.69) is 5.32 Å². The van der Waals surface area contributed by atoms with Gasteiger partial charge in [0.2, 0.25) is 0 Å². The van der Waals surface area contributed by atoms with Gasteiger partial charge in [-0.05, 0) is 42.7 Å². The number of hydrogen-bond donors (Lipinski definition) is 2. The first kappa shape index (κ1) is 14.3. The molecule has 0 aliphatic rings. The number of ether oxygens (including phenoxy) is 1. The first-order valence-electron chi connectivity index (χ1n) is 5.96. The maximum absolute atomic E-state index is 12.2. The molecule has 2 rings (SSSR count). The number of nitrogens with one attached hydrogen (secondary N) is 1. The van der Waals surface area contributed by atoms with Crippen LogP contribution in [0.1, 0.15) is 10.4 Å². The van der Waals surface area contributed by atoms with E-state index in [0.717, 1.165) is 4.90 Å². The molecule has 2 aromatic carbocycles. The Morgan fingerprint density at radius 2 is 2.05 bits per heavy atom. The van der Waals surface area contributed by atoms with Crippen LogP contribution in [0.5, 0.6) is 11.5 Å². The number of thioether (sulfide) groups is 1. The van der Waals surface area contributed by atoms with Gasteiger partial charge in [-0.25, -0.2) is 0 Å². The second-order valence-electron chi connectivity index (χ2n) is 4.07. The second-order valence-corrected chi connectivity index (χ2v) is 4.95. The molecule has 0 radical (unpaired) electrons. The molecule has 0 spiro atoms. The van der Waals surface area contributed by atoms with Crippen molar-refractivity contribution in [3.63, 3.8) is 0 Å². The summed E-state index contributed by atoms with van der Waals surface area (Å²) in [7, 11) is 1.51. The van der Waals surface area contributed by atoms with Gasteiger partial charge in [-0.2, -0.15) is 0 Å². The van der Waals surface area contributed by atoms with Gasteiger partial charge in [0.05, 0.1) is 12.7 Å². The van der Waals surface area contributed by atoms with Gasteiger partial charge in [-0.3, -0.25) is 4.79 Å². The van der Waals surface area contributed by atoms with Crippen molar-refractivity contribution in [2.45, 2.75) is 4.90 Å². The fourth-order valence-electron chi connectivity index (χ4n) is 1.72. The molecule has 0 aromatic heterocycles. The molecule has 0 unspecified atom stereocenters. The highest BCUT2D eigenvalue weighted by Gasteiger charge is 2.12. The first-order valence-corrected chi connectivity index (χ1v) is 7.19. The van der Waals surface area contributed by atoms with Crippen molar-refractivity contribution in [2.75, 3.05) is 18.7 Å². The Hall–Kier alpha value is -2.14. The van der Waals surface area contributed by atoms with E-state index in [9.17, 15) is 9.90 Å². The van der Waals surface area contributed by atoms with E-state index in [1.807, 2.05) is 24.5 Å². The van der Waals surface area contributed by atoms with E-state index in [1.54, 1.807) is 23.9 Å². The summed E-state index contributed by atoms with van der Waals surface area (Å²) in [5.74, 6) is 0.0646. The van der Waals surface area contributed by atoms with Gasteiger partial charge < -0.3 is 15.2 Å². The number of hydrogen-bond acceptors (Lipinski definition) is 4. The minimum Gasteiger partial charge on any atom is -0.507 e. The maximum Gasteiger partial charge on any atom is 0.259 e. The lowest BCUT2D eigenvalue weighted by Crippen LogP contribution is -2.12. The summed E-state index contributed by atoms with van der Waals surface area (Å²) in [6.07, 6.45) is 1.97. The van der Waals surface area contributed by atoms with Crippen molar-refractivity contribution in [3.05, 3.63) is 48.0 Å².